The summed E-state index contributed by atoms with van der Waals surface area (Å²) in [6, 6.07) is 10.9. The maximum Gasteiger partial charge on any atom is 0.192 e. The number of hydrogen-bond acceptors (Lipinski definition) is 3. The fourth-order valence-electron chi connectivity index (χ4n) is 2.48. The van der Waals surface area contributed by atoms with Crippen LogP contribution < -0.4 is 10.6 Å². The van der Waals surface area contributed by atoms with Gasteiger partial charge in [-0.05, 0) is 37.3 Å². The van der Waals surface area contributed by atoms with Crippen molar-refractivity contribution in [1.82, 2.24) is 15.8 Å². The van der Waals surface area contributed by atoms with Crippen LogP contribution in [-0.2, 0) is 13.0 Å². The highest BCUT2D eigenvalue weighted by Crippen LogP contribution is 2.15. The summed E-state index contributed by atoms with van der Waals surface area (Å²) in [7, 11) is 0. The Bertz CT molecular complexity index is 673. The zero-order valence-electron chi connectivity index (χ0n) is 16.0. The first kappa shape index (κ1) is 19.0. The van der Waals surface area contributed by atoms with Gasteiger partial charge in [-0.2, -0.15) is 0 Å². The van der Waals surface area contributed by atoms with Gasteiger partial charge >= 0.3 is 0 Å². The van der Waals surface area contributed by atoms with Gasteiger partial charge in [0.25, 0.3) is 0 Å². The molecule has 2 rings (SSSR count). The fraction of sp³-hybridized carbons (Fsp3) is 0.500. The predicted octanol–water partition coefficient (Wildman–Crippen LogP) is 4.18. The second-order valence-corrected chi connectivity index (χ2v) is 6.53. The highest BCUT2D eigenvalue weighted by atomic mass is 16.5. The van der Waals surface area contributed by atoms with Crippen LogP contribution in [0.1, 0.15) is 69.2 Å². The van der Waals surface area contributed by atoms with Crippen LogP contribution in [0.5, 0.6) is 0 Å². The van der Waals surface area contributed by atoms with Crippen LogP contribution in [0.15, 0.2) is 39.8 Å². The average Bonchev–Trinajstić information content (AvgIpc) is 3.09. The van der Waals surface area contributed by atoms with E-state index in [4.69, 9.17) is 4.52 Å². The summed E-state index contributed by atoms with van der Waals surface area (Å²) in [4.78, 5) is 4.62. The fourth-order valence-corrected chi connectivity index (χ4v) is 2.48. The molecule has 1 heterocycles. The molecule has 1 unspecified atom stereocenters. The smallest absolute Gasteiger partial charge is 0.192 e. The van der Waals surface area contributed by atoms with E-state index in [9.17, 15) is 0 Å². The van der Waals surface area contributed by atoms with Crippen LogP contribution in [0.25, 0.3) is 0 Å². The summed E-state index contributed by atoms with van der Waals surface area (Å²) in [5.41, 5.74) is 3.56. The molecule has 1 atom stereocenters. The van der Waals surface area contributed by atoms with Crippen molar-refractivity contribution in [1.29, 1.82) is 0 Å². The molecular formula is C20H30N4O. The van der Waals surface area contributed by atoms with Gasteiger partial charge in [-0.3, -0.25) is 0 Å². The van der Waals surface area contributed by atoms with E-state index < -0.39 is 0 Å². The highest BCUT2D eigenvalue weighted by molar-refractivity contribution is 5.80. The number of nitrogens with zero attached hydrogens (tertiary/aromatic N) is 2. The van der Waals surface area contributed by atoms with E-state index >= 15 is 0 Å². The van der Waals surface area contributed by atoms with Crippen LogP contribution in [0.2, 0.25) is 0 Å². The van der Waals surface area contributed by atoms with Crippen molar-refractivity contribution >= 4 is 5.96 Å². The molecule has 0 fully saturated rings. The van der Waals surface area contributed by atoms with Crippen molar-refractivity contribution in [3.63, 3.8) is 0 Å². The first-order valence-electron chi connectivity index (χ1n) is 9.12. The second kappa shape index (κ2) is 9.25. The van der Waals surface area contributed by atoms with Gasteiger partial charge in [0.15, 0.2) is 11.7 Å². The summed E-state index contributed by atoms with van der Waals surface area (Å²) < 4.78 is 5.36. The van der Waals surface area contributed by atoms with Gasteiger partial charge in [0.05, 0.1) is 11.7 Å². The lowest BCUT2D eigenvalue weighted by Gasteiger charge is -2.18. The molecule has 5 heteroatoms. The molecule has 0 saturated heterocycles. The Morgan fingerprint density at radius 1 is 1.16 bits per heavy atom. The van der Waals surface area contributed by atoms with E-state index in [-0.39, 0.29) is 6.04 Å². The minimum absolute atomic E-state index is 0.171. The summed E-state index contributed by atoms with van der Waals surface area (Å²) in [5.74, 6) is 1.91. The third-order valence-corrected chi connectivity index (χ3v) is 4.15. The number of aliphatic imine (C=N–C) groups is 1. The topological polar surface area (TPSA) is 62.5 Å². The predicted molar refractivity (Wildman–Crippen MR) is 103 cm³/mol. The van der Waals surface area contributed by atoms with Gasteiger partial charge < -0.3 is 15.2 Å². The number of benzene rings is 1. The van der Waals surface area contributed by atoms with E-state index in [1.54, 1.807) is 0 Å². The number of aromatic nitrogens is 1. The first-order chi connectivity index (χ1) is 12.0. The second-order valence-electron chi connectivity index (χ2n) is 6.53. The molecule has 25 heavy (non-hydrogen) atoms. The van der Waals surface area contributed by atoms with Gasteiger partial charge in [-0.1, -0.05) is 50.2 Å². The molecule has 5 nitrogen and oxygen atoms in total. The van der Waals surface area contributed by atoms with Gasteiger partial charge in [0.2, 0.25) is 0 Å². The lowest BCUT2D eigenvalue weighted by Crippen LogP contribution is -2.38. The quantitative estimate of drug-likeness (QED) is 0.585. The molecule has 136 valence electrons. The molecule has 0 aliphatic rings. The molecule has 0 radical (unpaired) electrons. The number of guanidine groups is 1. The zero-order chi connectivity index (χ0) is 18.2. The van der Waals surface area contributed by atoms with Crippen molar-refractivity contribution < 1.29 is 4.52 Å². The van der Waals surface area contributed by atoms with Crippen molar-refractivity contribution in [3.8, 4) is 0 Å². The highest BCUT2D eigenvalue weighted by Gasteiger charge is 2.10. The summed E-state index contributed by atoms with van der Waals surface area (Å²) in [6.45, 7) is 11.8. The Morgan fingerprint density at radius 2 is 1.88 bits per heavy atom. The Morgan fingerprint density at radius 3 is 2.44 bits per heavy atom. The van der Waals surface area contributed by atoms with Crippen LogP contribution in [0.3, 0.4) is 0 Å². The van der Waals surface area contributed by atoms with Crippen LogP contribution in [0.4, 0.5) is 0 Å². The monoisotopic (exact) mass is 342 g/mol. The Balaban J connectivity index is 2.02. The number of hydrogen-bond donors (Lipinski definition) is 2. The maximum atomic E-state index is 5.36. The largest absolute Gasteiger partial charge is 0.359 e. The summed E-state index contributed by atoms with van der Waals surface area (Å²) in [6.07, 6.45) is 1.06. The van der Waals surface area contributed by atoms with Gasteiger partial charge in [-0.15, -0.1) is 0 Å². The van der Waals surface area contributed by atoms with Crippen molar-refractivity contribution in [2.75, 3.05) is 6.54 Å². The molecule has 2 N–H and O–H groups in total. The standard InChI is InChI=1S/C20H30N4O/c1-6-16-8-10-17(11-9-16)15(5)23-20(21-7-2)22-13-18-12-19(14(3)4)24-25-18/h8-12,14-15H,6-7,13H2,1-5H3,(H2,21,22,23). The normalized spacial score (nSPS) is 13.1. The van der Waals surface area contributed by atoms with E-state index in [0.29, 0.717) is 12.5 Å². The third kappa shape index (κ3) is 5.62. The molecule has 2 aromatic rings. The minimum atomic E-state index is 0.171. The maximum absolute atomic E-state index is 5.36. The van der Waals surface area contributed by atoms with Crippen molar-refractivity contribution in [3.05, 3.63) is 52.9 Å². The Hall–Kier alpha value is -2.30. The van der Waals surface area contributed by atoms with E-state index in [1.807, 2.05) is 6.07 Å². The van der Waals surface area contributed by atoms with Crippen molar-refractivity contribution in [2.24, 2.45) is 4.99 Å². The molecule has 0 bridgehead atoms. The zero-order valence-corrected chi connectivity index (χ0v) is 16.0. The average molecular weight is 342 g/mol. The van der Waals surface area contributed by atoms with Crippen LogP contribution in [-0.4, -0.2) is 17.7 Å². The molecule has 0 aliphatic carbocycles. The number of aryl methyl sites for hydroxylation is 1. The number of rotatable bonds is 7. The number of nitrogens with one attached hydrogen (secondary N) is 2. The molecule has 0 saturated carbocycles. The lowest BCUT2D eigenvalue weighted by atomic mass is 10.1. The Kier molecular flexibility index (Phi) is 7.04. The van der Waals surface area contributed by atoms with Gasteiger partial charge in [-0.25, -0.2) is 4.99 Å². The van der Waals surface area contributed by atoms with E-state index in [0.717, 1.165) is 30.4 Å². The summed E-state index contributed by atoms with van der Waals surface area (Å²) >= 11 is 0. The third-order valence-electron chi connectivity index (χ3n) is 4.15. The van der Waals surface area contributed by atoms with E-state index in [2.05, 4.69) is 79.7 Å². The van der Waals surface area contributed by atoms with Crippen LogP contribution in [0, 0.1) is 0 Å². The van der Waals surface area contributed by atoms with Crippen LogP contribution >= 0.6 is 0 Å². The van der Waals surface area contributed by atoms with Gasteiger partial charge in [0.1, 0.15) is 6.54 Å². The molecule has 0 amide bonds. The lowest BCUT2D eigenvalue weighted by molar-refractivity contribution is 0.376. The van der Waals surface area contributed by atoms with Crippen molar-refractivity contribution in [2.45, 2.75) is 59.5 Å². The molecule has 0 spiro atoms. The Labute approximate surface area is 150 Å². The summed E-state index contributed by atoms with van der Waals surface area (Å²) in [5, 5.41) is 10.8. The first-order valence-corrected chi connectivity index (χ1v) is 9.12. The van der Waals surface area contributed by atoms with Gasteiger partial charge in [0, 0.05) is 12.6 Å². The molecular weight excluding hydrogens is 312 g/mol. The molecule has 1 aromatic carbocycles. The van der Waals surface area contributed by atoms with E-state index in [1.165, 1.54) is 11.1 Å². The SMILES string of the molecule is CCNC(=NCc1cc(C(C)C)no1)NC(C)c1ccc(CC)cc1. The molecule has 0 aliphatic heterocycles. The minimum Gasteiger partial charge on any atom is -0.359 e. The molecule has 1 aromatic heterocycles.